The second-order valence-electron chi connectivity index (χ2n) is 7.45. The number of aromatic nitrogens is 4. The highest BCUT2D eigenvalue weighted by Gasteiger charge is 2.15. The van der Waals surface area contributed by atoms with Gasteiger partial charge >= 0.3 is 0 Å². The first-order valence-corrected chi connectivity index (χ1v) is 11.0. The number of rotatable bonds is 8. The molecule has 1 fully saturated rings. The van der Waals surface area contributed by atoms with Crippen LogP contribution in [-0.4, -0.2) is 70.4 Å². The molecule has 0 radical (unpaired) electrons. The fraction of sp³-hybridized carbons (Fsp3) is 0.318. The summed E-state index contributed by atoms with van der Waals surface area (Å²) in [4.78, 5) is 35.8. The highest BCUT2D eigenvalue weighted by Crippen LogP contribution is 2.15. The van der Waals surface area contributed by atoms with Crippen molar-refractivity contribution in [1.29, 1.82) is 0 Å². The summed E-state index contributed by atoms with van der Waals surface area (Å²) in [6.45, 7) is 5.11. The van der Waals surface area contributed by atoms with Crippen molar-refractivity contribution >= 4 is 23.5 Å². The molecule has 33 heavy (non-hydrogen) atoms. The van der Waals surface area contributed by atoms with Gasteiger partial charge in [-0.25, -0.2) is 15.1 Å². The second kappa shape index (κ2) is 11.0. The highest BCUT2D eigenvalue weighted by molar-refractivity contribution is 6.30. The van der Waals surface area contributed by atoms with Gasteiger partial charge in [-0.3, -0.25) is 14.5 Å². The van der Waals surface area contributed by atoms with Gasteiger partial charge in [0.2, 0.25) is 5.95 Å². The van der Waals surface area contributed by atoms with Gasteiger partial charge in [-0.2, -0.15) is 5.10 Å². The highest BCUT2D eigenvalue weighted by atomic mass is 35.5. The molecule has 1 aromatic carbocycles. The van der Waals surface area contributed by atoms with Gasteiger partial charge in [-0.15, -0.1) is 0 Å². The summed E-state index contributed by atoms with van der Waals surface area (Å²) in [7, 11) is 0. The first-order chi connectivity index (χ1) is 16.1. The molecule has 1 aliphatic heterocycles. The fourth-order valence-electron chi connectivity index (χ4n) is 3.32. The van der Waals surface area contributed by atoms with Gasteiger partial charge in [0.15, 0.2) is 0 Å². The van der Waals surface area contributed by atoms with Crippen molar-refractivity contribution in [2.75, 3.05) is 44.7 Å². The standard InChI is InChI=1S/C22H24ClN7O3/c23-16-3-1-15(2-4-16)14-26-20(31)17-13-19(28-29-21(17)32)18-5-6-24-22(27-18)25-7-8-30-9-11-33-12-10-30/h1-6,13H,7-12,14H2,(H,26,31)(H,29,32)(H,24,25,27). The number of anilines is 1. The van der Waals surface area contributed by atoms with E-state index in [9.17, 15) is 9.59 Å². The Morgan fingerprint density at radius 3 is 2.73 bits per heavy atom. The van der Waals surface area contributed by atoms with Crippen LogP contribution in [0.15, 0.2) is 47.4 Å². The van der Waals surface area contributed by atoms with Gasteiger partial charge in [-0.05, 0) is 29.8 Å². The minimum absolute atomic E-state index is 0.0468. The molecule has 0 spiro atoms. The molecule has 11 heteroatoms. The van der Waals surface area contributed by atoms with E-state index in [4.69, 9.17) is 16.3 Å². The monoisotopic (exact) mass is 469 g/mol. The Morgan fingerprint density at radius 2 is 1.94 bits per heavy atom. The first kappa shape index (κ1) is 22.8. The van der Waals surface area contributed by atoms with E-state index in [-0.39, 0.29) is 12.1 Å². The van der Waals surface area contributed by atoms with Crippen LogP contribution < -0.4 is 16.2 Å². The predicted octanol–water partition coefficient (Wildman–Crippen LogP) is 1.55. The number of carbonyl (C=O) groups is 1. The average molecular weight is 470 g/mol. The summed E-state index contributed by atoms with van der Waals surface area (Å²) in [5.74, 6) is -0.0599. The normalized spacial score (nSPS) is 14.1. The van der Waals surface area contributed by atoms with Crippen LogP contribution >= 0.6 is 11.6 Å². The maximum absolute atomic E-state index is 12.6. The van der Waals surface area contributed by atoms with Crippen LogP contribution in [0.3, 0.4) is 0 Å². The van der Waals surface area contributed by atoms with E-state index < -0.39 is 11.5 Å². The van der Waals surface area contributed by atoms with E-state index in [1.54, 1.807) is 36.5 Å². The predicted molar refractivity (Wildman–Crippen MR) is 124 cm³/mol. The van der Waals surface area contributed by atoms with Crippen LogP contribution in [0, 0.1) is 0 Å². The summed E-state index contributed by atoms with van der Waals surface area (Å²) in [5.41, 5.74) is 1.09. The summed E-state index contributed by atoms with van der Waals surface area (Å²) in [6.07, 6.45) is 1.60. The molecule has 2 aromatic heterocycles. The number of H-pyrrole nitrogens is 1. The van der Waals surface area contributed by atoms with Gasteiger partial charge in [0.05, 0.1) is 18.9 Å². The maximum atomic E-state index is 12.6. The number of carbonyl (C=O) groups excluding carboxylic acids is 1. The lowest BCUT2D eigenvalue weighted by molar-refractivity contribution is 0.0398. The topological polar surface area (TPSA) is 125 Å². The molecular formula is C22H24ClN7O3. The lowest BCUT2D eigenvalue weighted by Crippen LogP contribution is -2.39. The second-order valence-corrected chi connectivity index (χ2v) is 7.89. The zero-order chi connectivity index (χ0) is 23.0. The van der Waals surface area contributed by atoms with Crippen molar-refractivity contribution in [3.05, 3.63) is 69.1 Å². The van der Waals surface area contributed by atoms with E-state index in [1.807, 2.05) is 0 Å². The van der Waals surface area contributed by atoms with Crippen LogP contribution in [0.2, 0.25) is 5.02 Å². The molecule has 0 unspecified atom stereocenters. The quantitative estimate of drug-likeness (QED) is 0.454. The summed E-state index contributed by atoms with van der Waals surface area (Å²) in [5, 5.41) is 13.0. The molecule has 3 N–H and O–H groups in total. The van der Waals surface area contributed by atoms with Gasteiger partial charge in [-0.1, -0.05) is 23.7 Å². The van der Waals surface area contributed by atoms with Gasteiger partial charge in [0.1, 0.15) is 11.3 Å². The van der Waals surface area contributed by atoms with Crippen LogP contribution in [0.25, 0.3) is 11.4 Å². The number of hydrogen-bond donors (Lipinski definition) is 3. The zero-order valence-corrected chi connectivity index (χ0v) is 18.6. The molecule has 0 aliphatic carbocycles. The largest absolute Gasteiger partial charge is 0.379 e. The molecule has 1 aliphatic rings. The number of halogens is 1. The Bertz CT molecular complexity index is 1150. The molecule has 10 nitrogen and oxygen atoms in total. The van der Waals surface area contributed by atoms with Crippen LogP contribution in [0.4, 0.5) is 5.95 Å². The summed E-state index contributed by atoms with van der Waals surface area (Å²) in [6, 6.07) is 10.2. The Labute approximate surface area is 195 Å². The third-order valence-corrected chi connectivity index (χ3v) is 5.40. The zero-order valence-electron chi connectivity index (χ0n) is 17.9. The molecule has 172 valence electrons. The van der Waals surface area contributed by atoms with E-state index in [1.165, 1.54) is 6.07 Å². The Balaban J connectivity index is 1.40. The van der Waals surface area contributed by atoms with E-state index >= 15 is 0 Å². The Hall–Kier alpha value is -3.34. The first-order valence-electron chi connectivity index (χ1n) is 10.6. The summed E-state index contributed by atoms with van der Waals surface area (Å²) < 4.78 is 5.35. The minimum Gasteiger partial charge on any atom is -0.379 e. The third kappa shape index (κ3) is 6.35. The lowest BCUT2D eigenvalue weighted by Gasteiger charge is -2.26. The minimum atomic E-state index is -0.578. The van der Waals surface area contributed by atoms with E-state index in [2.05, 4.69) is 35.7 Å². The molecule has 0 atom stereocenters. The molecule has 0 saturated carbocycles. The van der Waals surface area contributed by atoms with Gasteiger partial charge in [0.25, 0.3) is 11.5 Å². The molecule has 3 aromatic rings. The Morgan fingerprint density at radius 1 is 1.15 bits per heavy atom. The molecule has 1 saturated heterocycles. The SMILES string of the molecule is O=C(NCc1ccc(Cl)cc1)c1cc(-c2ccnc(NCCN3CCOCC3)n2)n[nH]c1=O. The third-order valence-electron chi connectivity index (χ3n) is 5.15. The molecule has 1 amide bonds. The van der Waals surface area contributed by atoms with Gasteiger partial charge < -0.3 is 15.4 Å². The van der Waals surface area contributed by atoms with Crippen molar-refractivity contribution in [3.63, 3.8) is 0 Å². The van der Waals surface area contributed by atoms with Crippen LogP contribution in [0.1, 0.15) is 15.9 Å². The number of benzene rings is 1. The molecule has 0 bridgehead atoms. The van der Waals surface area contributed by atoms with Gasteiger partial charge in [0, 0.05) is 43.9 Å². The van der Waals surface area contributed by atoms with Crippen molar-refractivity contribution in [3.8, 4) is 11.4 Å². The number of nitrogens with one attached hydrogen (secondary N) is 3. The van der Waals surface area contributed by atoms with Crippen molar-refractivity contribution in [2.45, 2.75) is 6.54 Å². The fourth-order valence-corrected chi connectivity index (χ4v) is 3.45. The smallest absolute Gasteiger partial charge is 0.277 e. The summed E-state index contributed by atoms with van der Waals surface area (Å²) >= 11 is 5.88. The number of aromatic amines is 1. The number of nitrogens with zero attached hydrogens (tertiary/aromatic N) is 4. The van der Waals surface area contributed by atoms with E-state index in [0.29, 0.717) is 28.9 Å². The van der Waals surface area contributed by atoms with Crippen molar-refractivity contribution in [1.82, 2.24) is 30.4 Å². The molecular weight excluding hydrogens is 446 g/mol. The number of ether oxygens (including phenoxy) is 1. The number of amides is 1. The van der Waals surface area contributed by atoms with Crippen molar-refractivity contribution < 1.29 is 9.53 Å². The maximum Gasteiger partial charge on any atom is 0.277 e. The molecule has 4 rings (SSSR count). The van der Waals surface area contributed by atoms with E-state index in [0.717, 1.165) is 38.4 Å². The number of morpholine rings is 1. The van der Waals surface area contributed by atoms with Crippen LogP contribution in [0.5, 0.6) is 0 Å². The average Bonchev–Trinajstić information content (AvgIpc) is 2.85. The van der Waals surface area contributed by atoms with Crippen molar-refractivity contribution in [2.24, 2.45) is 0 Å². The molecule has 3 heterocycles. The lowest BCUT2D eigenvalue weighted by atomic mass is 10.2. The Kier molecular flexibility index (Phi) is 7.61. The van der Waals surface area contributed by atoms with Crippen LogP contribution in [-0.2, 0) is 11.3 Å². The number of hydrogen-bond acceptors (Lipinski definition) is 8.